The fourth-order valence-electron chi connectivity index (χ4n) is 4.10. The minimum Gasteiger partial charge on any atom is -0.494 e. The maximum absolute atomic E-state index is 12.7. The summed E-state index contributed by atoms with van der Waals surface area (Å²) in [7, 11) is 1.78. The number of benzene rings is 1. The third-order valence-corrected chi connectivity index (χ3v) is 5.19. The molecule has 4 heteroatoms. The standard InChI is InChI=1S/C19H27NO3/c1-3-23-18-7-5-4-6-14(18)8-11-19(21)20-15-9-10-16(20)13-17(12-15)22-2/h4-7,15-17H,3,8-13H2,1-2H3. The largest absolute Gasteiger partial charge is 0.494 e. The summed E-state index contributed by atoms with van der Waals surface area (Å²) in [6.07, 6.45) is 5.89. The fourth-order valence-corrected chi connectivity index (χ4v) is 4.10. The zero-order valence-corrected chi connectivity index (χ0v) is 14.2. The Kier molecular flexibility index (Phi) is 5.21. The lowest BCUT2D eigenvalue weighted by Gasteiger charge is -2.38. The van der Waals surface area contributed by atoms with Gasteiger partial charge in [-0.15, -0.1) is 0 Å². The van der Waals surface area contributed by atoms with Crippen molar-refractivity contribution >= 4 is 5.91 Å². The van der Waals surface area contributed by atoms with Crippen LogP contribution in [0.15, 0.2) is 24.3 Å². The zero-order valence-electron chi connectivity index (χ0n) is 14.2. The number of fused-ring (bicyclic) bond motifs is 2. The fraction of sp³-hybridized carbons (Fsp3) is 0.632. The molecule has 2 bridgehead atoms. The highest BCUT2D eigenvalue weighted by molar-refractivity contribution is 5.77. The van der Waals surface area contributed by atoms with Crippen molar-refractivity contribution in [1.29, 1.82) is 0 Å². The molecule has 2 saturated heterocycles. The first-order chi connectivity index (χ1) is 11.2. The highest BCUT2D eigenvalue weighted by Crippen LogP contribution is 2.37. The molecule has 0 spiro atoms. The van der Waals surface area contributed by atoms with E-state index in [1.54, 1.807) is 7.11 Å². The number of ether oxygens (including phenoxy) is 2. The van der Waals surface area contributed by atoms with Gasteiger partial charge in [-0.05, 0) is 50.7 Å². The van der Waals surface area contributed by atoms with Crippen LogP contribution in [-0.4, -0.2) is 42.7 Å². The highest BCUT2D eigenvalue weighted by atomic mass is 16.5. The van der Waals surface area contributed by atoms with E-state index in [9.17, 15) is 4.79 Å². The van der Waals surface area contributed by atoms with Crippen molar-refractivity contribution in [3.63, 3.8) is 0 Å². The van der Waals surface area contributed by atoms with E-state index in [1.807, 2.05) is 25.1 Å². The Labute approximate surface area is 138 Å². The second-order valence-electron chi connectivity index (χ2n) is 6.56. The average Bonchev–Trinajstić information content (AvgIpc) is 2.84. The van der Waals surface area contributed by atoms with Crippen LogP contribution >= 0.6 is 0 Å². The van der Waals surface area contributed by atoms with E-state index in [1.165, 1.54) is 0 Å². The Hall–Kier alpha value is -1.55. The summed E-state index contributed by atoms with van der Waals surface area (Å²) in [6, 6.07) is 8.80. The molecule has 2 aliphatic rings. The van der Waals surface area contributed by atoms with E-state index < -0.39 is 0 Å². The minimum absolute atomic E-state index is 0.290. The van der Waals surface area contributed by atoms with E-state index in [-0.39, 0.29) is 0 Å². The number of rotatable bonds is 6. The maximum atomic E-state index is 12.7. The Morgan fingerprint density at radius 3 is 2.57 bits per heavy atom. The summed E-state index contributed by atoms with van der Waals surface area (Å²) in [4.78, 5) is 14.9. The molecule has 126 valence electrons. The molecule has 2 fully saturated rings. The first-order valence-corrected chi connectivity index (χ1v) is 8.77. The van der Waals surface area contributed by atoms with Gasteiger partial charge in [-0.3, -0.25) is 4.79 Å². The number of nitrogens with zero attached hydrogens (tertiary/aromatic N) is 1. The van der Waals surface area contributed by atoms with Gasteiger partial charge in [0, 0.05) is 25.6 Å². The molecule has 2 aliphatic heterocycles. The normalized spacial score (nSPS) is 26.3. The smallest absolute Gasteiger partial charge is 0.223 e. The zero-order chi connectivity index (χ0) is 16.2. The Morgan fingerprint density at radius 2 is 1.91 bits per heavy atom. The molecule has 2 heterocycles. The van der Waals surface area contributed by atoms with E-state index in [0.29, 0.717) is 37.1 Å². The predicted octanol–water partition coefficient (Wildman–Crippen LogP) is 3.19. The van der Waals surface area contributed by atoms with Crippen LogP contribution in [0.5, 0.6) is 5.75 Å². The first kappa shape index (κ1) is 16.3. The van der Waals surface area contributed by atoms with Crippen molar-refractivity contribution in [2.24, 2.45) is 0 Å². The summed E-state index contributed by atoms with van der Waals surface area (Å²) in [6.45, 7) is 2.64. The summed E-state index contributed by atoms with van der Waals surface area (Å²) in [5.41, 5.74) is 1.13. The SMILES string of the molecule is CCOc1ccccc1CCC(=O)N1C2CCC1CC(OC)C2. The lowest BCUT2D eigenvalue weighted by Crippen LogP contribution is -2.48. The third kappa shape index (κ3) is 3.52. The molecular weight excluding hydrogens is 290 g/mol. The molecule has 0 aromatic heterocycles. The Morgan fingerprint density at radius 1 is 1.22 bits per heavy atom. The molecule has 0 radical (unpaired) electrons. The minimum atomic E-state index is 0.290. The molecular formula is C19H27NO3. The number of piperidine rings is 1. The van der Waals surface area contributed by atoms with Crippen molar-refractivity contribution in [2.75, 3.05) is 13.7 Å². The number of methoxy groups -OCH3 is 1. The third-order valence-electron chi connectivity index (χ3n) is 5.19. The van der Waals surface area contributed by atoms with Crippen LogP contribution in [0, 0.1) is 0 Å². The van der Waals surface area contributed by atoms with Crippen LogP contribution in [0.1, 0.15) is 44.6 Å². The molecule has 0 saturated carbocycles. The van der Waals surface area contributed by atoms with Gasteiger partial charge < -0.3 is 14.4 Å². The molecule has 1 aromatic carbocycles. The molecule has 1 amide bonds. The van der Waals surface area contributed by atoms with Crippen LogP contribution in [-0.2, 0) is 16.0 Å². The molecule has 3 rings (SSSR count). The summed E-state index contributed by atoms with van der Waals surface area (Å²) in [5.74, 6) is 1.20. The Bertz CT molecular complexity index is 531. The predicted molar refractivity (Wildman–Crippen MR) is 89.6 cm³/mol. The van der Waals surface area contributed by atoms with Crippen LogP contribution in [0.3, 0.4) is 0 Å². The van der Waals surface area contributed by atoms with Gasteiger partial charge in [-0.25, -0.2) is 0 Å². The van der Waals surface area contributed by atoms with Crippen molar-refractivity contribution in [1.82, 2.24) is 4.90 Å². The van der Waals surface area contributed by atoms with Crippen molar-refractivity contribution in [3.05, 3.63) is 29.8 Å². The van der Waals surface area contributed by atoms with Gasteiger partial charge in [0.15, 0.2) is 0 Å². The quantitative estimate of drug-likeness (QED) is 0.809. The molecule has 1 aromatic rings. The molecule has 0 N–H and O–H groups in total. The van der Waals surface area contributed by atoms with Gasteiger partial charge in [0.2, 0.25) is 5.91 Å². The lowest BCUT2D eigenvalue weighted by atomic mass is 9.98. The number of carbonyl (C=O) groups is 1. The Balaban J connectivity index is 1.60. The number of carbonyl (C=O) groups excluding carboxylic acids is 1. The van der Waals surface area contributed by atoms with Crippen LogP contribution in [0.2, 0.25) is 0 Å². The second-order valence-corrected chi connectivity index (χ2v) is 6.56. The summed E-state index contributed by atoms with van der Waals surface area (Å²) < 4.78 is 11.2. The van der Waals surface area contributed by atoms with E-state index >= 15 is 0 Å². The van der Waals surface area contributed by atoms with Crippen molar-refractivity contribution in [2.45, 2.75) is 63.6 Å². The molecule has 0 aliphatic carbocycles. The van der Waals surface area contributed by atoms with Gasteiger partial charge in [-0.2, -0.15) is 0 Å². The highest BCUT2D eigenvalue weighted by Gasteiger charge is 2.42. The van der Waals surface area contributed by atoms with Gasteiger partial charge in [0.25, 0.3) is 0 Å². The summed E-state index contributed by atoms with van der Waals surface area (Å²) >= 11 is 0. The number of amides is 1. The van der Waals surface area contributed by atoms with E-state index in [2.05, 4.69) is 11.0 Å². The first-order valence-electron chi connectivity index (χ1n) is 8.77. The molecule has 23 heavy (non-hydrogen) atoms. The van der Waals surface area contributed by atoms with Gasteiger partial charge in [-0.1, -0.05) is 18.2 Å². The number of aryl methyl sites for hydroxylation is 1. The topological polar surface area (TPSA) is 38.8 Å². The van der Waals surface area contributed by atoms with Gasteiger partial charge in [0.1, 0.15) is 5.75 Å². The van der Waals surface area contributed by atoms with Gasteiger partial charge >= 0.3 is 0 Å². The van der Waals surface area contributed by atoms with Crippen LogP contribution in [0.4, 0.5) is 0 Å². The number of para-hydroxylation sites is 1. The van der Waals surface area contributed by atoms with Gasteiger partial charge in [0.05, 0.1) is 12.7 Å². The average molecular weight is 317 g/mol. The number of hydrogen-bond acceptors (Lipinski definition) is 3. The van der Waals surface area contributed by atoms with Crippen molar-refractivity contribution in [3.8, 4) is 5.75 Å². The summed E-state index contributed by atoms with van der Waals surface area (Å²) in [5, 5.41) is 0. The second kappa shape index (κ2) is 7.35. The van der Waals surface area contributed by atoms with E-state index in [4.69, 9.17) is 9.47 Å². The van der Waals surface area contributed by atoms with E-state index in [0.717, 1.165) is 43.4 Å². The molecule has 2 unspecified atom stereocenters. The molecule has 2 atom stereocenters. The number of hydrogen-bond donors (Lipinski definition) is 0. The van der Waals surface area contributed by atoms with Crippen LogP contribution < -0.4 is 4.74 Å². The maximum Gasteiger partial charge on any atom is 0.223 e. The lowest BCUT2D eigenvalue weighted by molar-refractivity contribution is -0.137. The molecule has 4 nitrogen and oxygen atoms in total. The monoisotopic (exact) mass is 317 g/mol. The van der Waals surface area contributed by atoms with Crippen molar-refractivity contribution < 1.29 is 14.3 Å². The van der Waals surface area contributed by atoms with Crippen LogP contribution in [0.25, 0.3) is 0 Å².